The number of aromatic nitrogens is 2. The van der Waals surface area contributed by atoms with E-state index in [1.165, 1.54) is 5.56 Å². The molecule has 1 aliphatic heterocycles. The molecule has 1 fully saturated rings. The summed E-state index contributed by atoms with van der Waals surface area (Å²) in [6.45, 7) is 6.90. The van der Waals surface area contributed by atoms with Gasteiger partial charge >= 0.3 is 0 Å². The minimum Gasteiger partial charge on any atom is -0.336 e. The molecule has 1 amide bonds. The first kappa shape index (κ1) is 16.0. The van der Waals surface area contributed by atoms with Crippen LogP contribution in [0.3, 0.4) is 0 Å². The zero-order chi connectivity index (χ0) is 16.2. The number of nitrogens with zero attached hydrogens (tertiary/aromatic N) is 4. The molecule has 0 radical (unpaired) electrons. The van der Waals surface area contributed by atoms with Gasteiger partial charge in [-0.05, 0) is 24.6 Å². The smallest absolute Gasteiger partial charge is 0.257 e. The highest BCUT2D eigenvalue weighted by molar-refractivity contribution is 6.30. The summed E-state index contributed by atoms with van der Waals surface area (Å²) in [6, 6.07) is 7.95. The molecule has 0 N–H and O–H groups in total. The van der Waals surface area contributed by atoms with Gasteiger partial charge in [0, 0.05) is 50.5 Å². The lowest BCUT2D eigenvalue weighted by Crippen LogP contribution is -2.48. The lowest BCUT2D eigenvalue weighted by atomic mass is 10.2. The van der Waals surface area contributed by atoms with Crippen molar-refractivity contribution < 1.29 is 4.79 Å². The van der Waals surface area contributed by atoms with Gasteiger partial charge in [0.15, 0.2) is 0 Å². The van der Waals surface area contributed by atoms with Crippen molar-refractivity contribution in [2.45, 2.75) is 20.0 Å². The number of hydrogen-bond donors (Lipinski definition) is 0. The topological polar surface area (TPSA) is 41.4 Å². The Labute approximate surface area is 141 Å². The first-order valence-corrected chi connectivity index (χ1v) is 8.32. The highest BCUT2D eigenvalue weighted by atomic mass is 35.5. The summed E-state index contributed by atoms with van der Waals surface area (Å²) in [5, 5.41) is 4.94. The molecule has 0 spiro atoms. The Kier molecular flexibility index (Phi) is 4.98. The summed E-state index contributed by atoms with van der Waals surface area (Å²) in [5.41, 5.74) is 1.89. The summed E-state index contributed by atoms with van der Waals surface area (Å²) in [5.74, 6) is 0.0760. The van der Waals surface area contributed by atoms with Crippen molar-refractivity contribution in [3.05, 3.63) is 52.8 Å². The summed E-state index contributed by atoms with van der Waals surface area (Å²) in [6.07, 6.45) is 3.48. The Hall–Kier alpha value is -1.85. The monoisotopic (exact) mass is 332 g/mol. The van der Waals surface area contributed by atoms with Crippen molar-refractivity contribution in [1.82, 2.24) is 19.6 Å². The van der Waals surface area contributed by atoms with Gasteiger partial charge in [-0.15, -0.1) is 0 Å². The van der Waals surface area contributed by atoms with Crippen LogP contribution >= 0.6 is 11.6 Å². The minimum atomic E-state index is 0.0760. The fraction of sp³-hybridized carbons (Fsp3) is 0.412. The number of carbonyl (C=O) groups excluding carboxylic acids is 1. The first-order chi connectivity index (χ1) is 11.2. The van der Waals surface area contributed by atoms with Crippen LogP contribution in [0.1, 0.15) is 22.8 Å². The predicted molar refractivity (Wildman–Crippen MR) is 90.5 cm³/mol. The number of piperazine rings is 1. The molecule has 23 heavy (non-hydrogen) atoms. The maximum absolute atomic E-state index is 12.5. The summed E-state index contributed by atoms with van der Waals surface area (Å²) in [7, 11) is 0. The van der Waals surface area contributed by atoms with E-state index >= 15 is 0 Å². The van der Waals surface area contributed by atoms with Gasteiger partial charge in [0.25, 0.3) is 5.91 Å². The van der Waals surface area contributed by atoms with Crippen LogP contribution < -0.4 is 0 Å². The largest absolute Gasteiger partial charge is 0.336 e. The van der Waals surface area contributed by atoms with Gasteiger partial charge in [-0.25, -0.2) is 0 Å². The second-order valence-corrected chi connectivity index (χ2v) is 6.22. The third kappa shape index (κ3) is 3.92. The van der Waals surface area contributed by atoms with E-state index in [2.05, 4.69) is 16.1 Å². The van der Waals surface area contributed by atoms with Crippen molar-refractivity contribution in [2.24, 2.45) is 0 Å². The van der Waals surface area contributed by atoms with E-state index in [-0.39, 0.29) is 5.91 Å². The second-order valence-electron chi connectivity index (χ2n) is 5.78. The summed E-state index contributed by atoms with van der Waals surface area (Å²) >= 11 is 6.03. The Bertz CT molecular complexity index is 677. The quantitative estimate of drug-likeness (QED) is 0.864. The number of aryl methyl sites for hydroxylation is 1. The molecule has 0 aliphatic carbocycles. The van der Waals surface area contributed by atoms with Crippen LogP contribution in [-0.2, 0) is 13.1 Å². The number of hydrogen-bond acceptors (Lipinski definition) is 3. The van der Waals surface area contributed by atoms with Crippen LogP contribution in [0.2, 0.25) is 5.02 Å². The van der Waals surface area contributed by atoms with E-state index in [0.29, 0.717) is 5.56 Å². The zero-order valence-corrected chi connectivity index (χ0v) is 14.0. The van der Waals surface area contributed by atoms with Crippen molar-refractivity contribution >= 4 is 17.5 Å². The second kappa shape index (κ2) is 7.15. The molecule has 5 nitrogen and oxygen atoms in total. The van der Waals surface area contributed by atoms with Crippen LogP contribution in [0, 0.1) is 0 Å². The summed E-state index contributed by atoms with van der Waals surface area (Å²) < 4.78 is 1.78. The standard InChI is InChI=1S/C17H21ClN4O/c1-2-22-13-15(11-19-22)17(23)21-8-6-20(7-9-21)12-14-4-3-5-16(18)10-14/h3-5,10-11,13H,2,6-9,12H2,1H3. The molecule has 2 aromatic rings. The van der Waals surface area contributed by atoms with Gasteiger partial charge in [0.05, 0.1) is 11.8 Å². The van der Waals surface area contributed by atoms with Crippen molar-refractivity contribution in [3.63, 3.8) is 0 Å². The fourth-order valence-electron chi connectivity index (χ4n) is 2.83. The molecule has 122 valence electrons. The Morgan fingerprint density at radius 1 is 1.26 bits per heavy atom. The third-order valence-electron chi connectivity index (χ3n) is 4.16. The number of carbonyl (C=O) groups is 1. The molecule has 1 aromatic heterocycles. The van der Waals surface area contributed by atoms with Crippen LogP contribution in [0.5, 0.6) is 0 Å². The van der Waals surface area contributed by atoms with Crippen molar-refractivity contribution in [2.75, 3.05) is 26.2 Å². The first-order valence-electron chi connectivity index (χ1n) is 7.94. The van der Waals surface area contributed by atoms with Gasteiger partial charge in [0.1, 0.15) is 0 Å². The van der Waals surface area contributed by atoms with Gasteiger partial charge in [0.2, 0.25) is 0 Å². The molecule has 1 aliphatic rings. The average Bonchev–Trinajstić information content (AvgIpc) is 3.04. The van der Waals surface area contributed by atoms with Crippen LogP contribution in [0.4, 0.5) is 0 Å². The molecular formula is C17H21ClN4O. The normalized spacial score (nSPS) is 15.8. The number of halogens is 1. The van der Waals surface area contributed by atoms with Gasteiger partial charge in [-0.2, -0.15) is 5.10 Å². The molecular weight excluding hydrogens is 312 g/mol. The molecule has 0 unspecified atom stereocenters. The predicted octanol–water partition coefficient (Wildman–Crippen LogP) is 2.51. The number of rotatable bonds is 4. The SMILES string of the molecule is CCn1cc(C(=O)N2CCN(Cc3cccc(Cl)c3)CC2)cn1. The fourth-order valence-corrected chi connectivity index (χ4v) is 3.05. The molecule has 1 aromatic carbocycles. The average molecular weight is 333 g/mol. The van der Waals surface area contributed by atoms with Crippen molar-refractivity contribution in [3.8, 4) is 0 Å². The van der Waals surface area contributed by atoms with Crippen LogP contribution in [0.15, 0.2) is 36.7 Å². The van der Waals surface area contributed by atoms with Crippen LogP contribution in [0.25, 0.3) is 0 Å². The maximum Gasteiger partial charge on any atom is 0.257 e. The van der Waals surface area contributed by atoms with Gasteiger partial charge < -0.3 is 4.90 Å². The highest BCUT2D eigenvalue weighted by Gasteiger charge is 2.23. The minimum absolute atomic E-state index is 0.0760. The summed E-state index contributed by atoms with van der Waals surface area (Å²) in [4.78, 5) is 16.7. The molecule has 1 saturated heterocycles. The molecule has 0 bridgehead atoms. The van der Waals surface area contributed by atoms with Gasteiger partial charge in [-0.3, -0.25) is 14.4 Å². The molecule has 2 heterocycles. The van der Waals surface area contributed by atoms with E-state index < -0.39 is 0 Å². The Morgan fingerprint density at radius 2 is 2.04 bits per heavy atom. The van der Waals surface area contributed by atoms with E-state index in [4.69, 9.17) is 11.6 Å². The Morgan fingerprint density at radius 3 is 2.70 bits per heavy atom. The zero-order valence-electron chi connectivity index (χ0n) is 13.3. The number of amides is 1. The Balaban J connectivity index is 1.54. The van der Waals surface area contributed by atoms with Gasteiger partial charge in [-0.1, -0.05) is 23.7 Å². The van der Waals surface area contributed by atoms with E-state index in [1.54, 1.807) is 10.9 Å². The van der Waals surface area contributed by atoms with E-state index in [0.717, 1.165) is 44.3 Å². The molecule has 0 saturated carbocycles. The number of benzene rings is 1. The highest BCUT2D eigenvalue weighted by Crippen LogP contribution is 2.15. The molecule has 6 heteroatoms. The van der Waals surface area contributed by atoms with E-state index in [9.17, 15) is 4.79 Å². The third-order valence-corrected chi connectivity index (χ3v) is 4.39. The van der Waals surface area contributed by atoms with Crippen molar-refractivity contribution in [1.29, 1.82) is 0 Å². The van der Waals surface area contributed by atoms with E-state index in [1.807, 2.05) is 36.2 Å². The lowest BCUT2D eigenvalue weighted by molar-refractivity contribution is 0.0628. The van der Waals surface area contributed by atoms with Crippen LogP contribution in [-0.4, -0.2) is 51.7 Å². The maximum atomic E-state index is 12.5. The molecule has 3 rings (SSSR count). The molecule has 0 atom stereocenters. The lowest BCUT2D eigenvalue weighted by Gasteiger charge is -2.34.